The average molecular weight is 400 g/mol. The van der Waals surface area contributed by atoms with Crippen molar-refractivity contribution >= 4 is 11.7 Å². The maximum Gasteiger partial charge on any atom is 0.260 e. The molecule has 0 saturated heterocycles. The van der Waals surface area contributed by atoms with Crippen LogP contribution in [0.5, 0.6) is 11.5 Å². The maximum absolute atomic E-state index is 13.3. The topological polar surface area (TPSA) is 82.8 Å². The van der Waals surface area contributed by atoms with Gasteiger partial charge < -0.3 is 24.1 Å². The first-order chi connectivity index (χ1) is 14.2. The van der Waals surface area contributed by atoms with Crippen LogP contribution in [0.25, 0.3) is 0 Å². The molecule has 152 valence electrons. The van der Waals surface area contributed by atoms with Crippen LogP contribution in [0.2, 0.25) is 0 Å². The molecule has 0 unspecified atom stereocenters. The number of benzene rings is 2. The molecule has 7 nitrogen and oxygen atoms in total. The van der Waals surface area contributed by atoms with Crippen molar-refractivity contribution in [3.8, 4) is 11.5 Å². The van der Waals surface area contributed by atoms with E-state index in [1.165, 1.54) is 24.5 Å². The van der Waals surface area contributed by atoms with Gasteiger partial charge in [0.1, 0.15) is 36.8 Å². The van der Waals surface area contributed by atoms with Crippen LogP contribution in [0, 0.1) is 5.82 Å². The third kappa shape index (κ3) is 6.05. The molecule has 2 aromatic carbocycles. The molecule has 0 fully saturated rings. The normalized spacial score (nSPS) is 10.6. The van der Waals surface area contributed by atoms with E-state index in [0.29, 0.717) is 36.9 Å². The molecule has 1 N–H and O–H groups in total. The second-order valence-electron chi connectivity index (χ2n) is 5.96. The summed E-state index contributed by atoms with van der Waals surface area (Å²) in [5, 5.41) is 6.30. The van der Waals surface area contributed by atoms with Crippen molar-refractivity contribution in [1.82, 2.24) is 5.16 Å². The molecule has 3 aromatic rings. The van der Waals surface area contributed by atoms with Gasteiger partial charge in [0.2, 0.25) is 0 Å². The second kappa shape index (κ2) is 10.2. The van der Waals surface area contributed by atoms with Crippen LogP contribution in [-0.2, 0) is 11.3 Å². The number of carbonyl (C=O) groups is 1. The van der Waals surface area contributed by atoms with Gasteiger partial charge in [0.05, 0.1) is 12.2 Å². The number of carbonyl (C=O) groups excluding carboxylic acids is 1. The molecule has 0 aliphatic rings. The highest BCUT2D eigenvalue weighted by molar-refractivity contribution is 6.06. The molecule has 0 aliphatic carbocycles. The molecule has 0 aliphatic heterocycles. The Balaban J connectivity index is 1.74. The van der Waals surface area contributed by atoms with Crippen molar-refractivity contribution in [2.24, 2.45) is 0 Å². The molecule has 8 heteroatoms. The monoisotopic (exact) mass is 400 g/mol. The lowest BCUT2D eigenvalue weighted by Crippen LogP contribution is -2.15. The number of ether oxygens (including phenoxy) is 3. The van der Waals surface area contributed by atoms with Crippen LogP contribution in [0.4, 0.5) is 10.2 Å². The Hall–Kier alpha value is -3.39. The van der Waals surface area contributed by atoms with Gasteiger partial charge in [0.25, 0.3) is 5.91 Å². The summed E-state index contributed by atoms with van der Waals surface area (Å²) in [7, 11) is 0. The zero-order chi connectivity index (χ0) is 20.5. The van der Waals surface area contributed by atoms with Crippen LogP contribution < -0.4 is 14.8 Å². The molecular weight excluding hydrogens is 379 g/mol. The Morgan fingerprint density at radius 3 is 2.79 bits per heavy atom. The van der Waals surface area contributed by atoms with Crippen LogP contribution in [0.3, 0.4) is 0 Å². The van der Waals surface area contributed by atoms with E-state index >= 15 is 0 Å². The zero-order valence-electron chi connectivity index (χ0n) is 15.9. The minimum atomic E-state index is -0.429. The Labute approximate surface area is 167 Å². The van der Waals surface area contributed by atoms with E-state index in [1.807, 2.05) is 6.92 Å². The fraction of sp³-hybridized carbons (Fsp3) is 0.238. The van der Waals surface area contributed by atoms with Crippen molar-refractivity contribution in [1.29, 1.82) is 0 Å². The van der Waals surface area contributed by atoms with Crippen molar-refractivity contribution in [2.75, 3.05) is 25.1 Å². The summed E-state index contributed by atoms with van der Waals surface area (Å²) in [5.74, 6) is 0.334. The minimum Gasteiger partial charge on any atom is -0.490 e. The molecule has 1 amide bonds. The minimum absolute atomic E-state index is 0.159. The number of rotatable bonds is 10. The third-order valence-electron chi connectivity index (χ3n) is 3.86. The Morgan fingerprint density at radius 2 is 2.03 bits per heavy atom. The van der Waals surface area contributed by atoms with E-state index in [2.05, 4.69) is 10.5 Å². The van der Waals surface area contributed by atoms with Gasteiger partial charge in [-0.15, -0.1) is 0 Å². The quantitative estimate of drug-likeness (QED) is 0.517. The predicted molar refractivity (Wildman–Crippen MR) is 104 cm³/mol. The van der Waals surface area contributed by atoms with E-state index in [9.17, 15) is 9.18 Å². The number of amides is 1. The van der Waals surface area contributed by atoms with Gasteiger partial charge >= 0.3 is 0 Å². The van der Waals surface area contributed by atoms with Gasteiger partial charge in [-0.2, -0.15) is 0 Å². The molecule has 0 atom stereocenters. The van der Waals surface area contributed by atoms with Gasteiger partial charge in [-0.25, -0.2) is 4.39 Å². The third-order valence-corrected chi connectivity index (χ3v) is 3.86. The molecular formula is C21H21FN2O5. The molecule has 3 rings (SSSR count). The first-order valence-electron chi connectivity index (χ1n) is 9.09. The number of nitrogens with one attached hydrogen (secondary N) is 1. The van der Waals surface area contributed by atoms with E-state index in [1.54, 1.807) is 30.3 Å². The average Bonchev–Trinajstić information content (AvgIpc) is 3.23. The summed E-state index contributed by atoms with van der Waals surface area (Å²) in [5.41, 5.74) is 0.942. The van der Waals surface area contributed by atoms with Crippen LogP contribution in [0.15, 0.2) is 59.3 Å². The molecule has 1 heterocycles. The van der Waals surface area contributed by atoms with Crippen molar-refractivity contribution in [3.63, 3.8) is 0 Å². The first-order valence-corrected chi connectivity index (χ1v) is 9.09. The lowest BCUT2D eigenvalue weighted by atomic mass is 10.1. The van der Waals surface area contributed by atoms with E-state index in [4.69, 9.17) is 18.7 Å². The number of hydrogen-bond donors (Lipinski definition) is 1. The summed E-state index contributed by atoms with van der Waals surface area (Å²) in [6.07, 6.45) is 1.35. The maximum atomic E-state index is 13.3. The number of aromatic nitrogens is 1. The largest absolute Gasteiger partial charge is 0.490 e. The molecule has 29 heavy (non-hydrogen) atoms. The van der Waals surface area contributed by atoms with E-state index < -0.39 is 5.91 Å². The number of nitrogens with zero attached hydrogens (tertiary/aromatic N) is 1. The Morgan fingerprint density at radius 1 is 1.14 bits per heavy atom. The summed E-state index contributed by atoms with van der Waals surface area (Å²) >= 11 is 0. The second-order valence-corrected chi connectivity index (χ2v) is 5.96. The summed E-state index contributed by atoms with van der Waals surface area (Å²) < 4.78 is 34.7. The first kappa shape index (κ1) is 20.3. The van der Waals surface area contributed by atoms with Gasteiger partial charge in [-0.05, 0) is 42.8 Å². The van der Waals surface area contributed by atoms with Crippen LogP contribution in [-0.4, -0.2) is 30.9 Å². The molecule has 0 radical (unpaired) electrons. The van der Waals surface area contributed by atoms with Gasteiger partial charge in [-0.1, -0.05) is 17.3 Å². The predicted octanol–water partition coefficient (Wildman–Crippen LogP) is 4.06. The van der Waals surface area contributed by atoms with Crippen molar-refractivity contribution < 1.29 is 27.9 Å². The zero-order valence-corrected chi connectivity index (χ0v) is 15.9. The fourth-order valence-corrected chi connectivity index (χ4v) is 2.51. The SMILES string of the molecule is CCOCCOc1ccc(OCc2cccc(F)c2)cc1C(=O)Nc1ccon1. The van der Waals surface area contributed by atoms with Gasteiger partial charge in [0.15, 0.2) is 5.82 Å². The Kier molecular flexibility index (Phi) is 7.18. The van der Waals surface area contributed by atoms with E-state index in [0.717, 1.165) is 0 Å². The van der Waals surface area contributed by atoms with Gasteiger partial charge in [0, 0.05) is 12.7 Å². The summed E-state index contributed by atoms with van der Waals surface area (Å²) in [4.78, 5) is 12.7. The highest BCUT2D eigenvalue weighted by Gasteiger charge is 2.16. The highest BCUT2D eigenvalue weighted by Crippen LogP contribution is 2.26. The smallest absolute Gasteiger partial charge is 0.260 e. The lowest BCUT2D eigenvalue weighted by molar-refractivity contribution is 0.0996. The van der Waals surface area contributed by atoms with Gasteiger partial charge in [-0.3, -0.25) is 4.79 Å². The van der Waals surface area contributed by atoms with Crippen molar-refractivity contribution in [2.45, 2.75) is 13.5 Å². The summed E-state index contributed by atoms with van der Waals surface area (Å²) in [6.45, 7) is 3.32. The highest BCUT2D eigenvalue weighted by atomic mass is 19.1. The molecule has 0 spiro atoms. The summed E-state index contributed by atoms with van der Waals surface area (Å²) in [6, 6.07) is 12.5. The lowest BCUT2D eigenvalue weighted by Gasteiger charge is -2.13. The fourth-order valence-electron chi connectivity index (χ4n) is 2.51. The molecule has 1 aromatic heterocycles. The number of hydrogen-bond acceptors (Lipinski definition) is 6. The van der Waals surface area contributed by atoms with Crippen LogP contribution in [0.1, 0.15) is 22.8 Å². The molecule has 0 saturated carbocycles. The Bertz CT molecular complexity index is 931. The van der Waals surface area contributed by atoms with Crippen LogP contribution >= 0.6 is 0 Å². The van der Waals surface area contributed by atoms with E-state index in [-0.39, 0.29) is 23.8 Å². The number of halogens is 1. The number of anilines is 1. The standard InChI is InChI=1S/C21H21FN2O5/c1-2-26-10-11-27-19-7-6-17(28-14-15-4-3-5-16(22)12-15)13-18(19)21(25)23-20-8-9-29-24-20/h3-9,12-13H,2,10-11,14H2,1H3,(H,23,24,25). The molecule has 0 bridgehead atoms. The van der Waals surface area contributed by atoms with Crippen molar-refractivity contribution in [3.05, 3.63) is 71.7 Å².